The fourth-order valence-corrected chi connectivity index (χ4v) is 2.55. The van der Waals surface area contributed by atoms with E-state index >= 15 is 0 Å². The van der Waals surface area contributed by atoms with Crippen molar-refractivity contribution < 1.29 is 8.42 Å². The number of hydrogen-bond acceptors (Lipinski definition) is 3. The number of aryl methyl sites for hydroxylation is 1. The molecule has 0 radical (unpaired) electrons. The second kappa shape index (κ2) is 6.98. The summed E-state index contributed by atoms with van der Waals surface area (Å²) in [5.41, 5.74) is 0.987. The lowest BCUT2D eigenvalue weighted by Gasteiger charge is -2.05. The lowest BCUT2D eigenvalue weighted by atomic mass is 10.2. The van der Waals surface area contributed by atoms with E-state index in [0.29, 0.717) is 13.0 Å². The van der Waals surface area contributed by atoms with E-state index in [1.807, 2.05) is 12.1 Å². The quantitative estimate of drug-likeness (QED) is 0.611. The predicted octanol–water partition coefficient (Wildman–Crippen LogP) is 1.33. The van der Waals surface area contributed by atoms with Gasteiger partial charge in [0, 0.05) is 24.3 Å². The van der Waals surface area contributed by atoms with Crippen LogP contribution in [-0.4, -0.2) is 31.0 Å². The van der Waals surface area contributed by atoms with Crippen LogP contribution < -0.4 is 4.72 Å². The SMILES string of the molecule is O=S(=O)(CCc1ccncc1)NCCCBr. The van der Waals surface area contributed by atoms with Gasteiger partial charge in [-0.3, -0.25) is 4.98 Å². The Morgan fingerprint density at radius 1 is 1.31 bits per heavy atom. The molecule has 0 bridgehead atoms. The number of nitrogens with one attached hydrogen (secondary N) is 1. The molecule has 6 heteroatoms. The third kappa shape index (κ3) is 5.58. The highest BCUT2D eigenvalue weighted by molar-refractivity contribution is 9.09. The van der Waals surface area contributed by atoms with Crippen molar-refractivity contribution in [2.75, 3.05) is 17.6 Å². The highest BCUT2D eigenvalue weighted by atomic mass is 79.9. The topological polar surface area (TPSA) is 59.1 Å². The van der Waals surface area contributed by atoms with Crippen molar-refractivity contribution in [2.24, 2.45) is 0 Å². The molecule has 0 aliphatic carbocycles. The van der Waals surface area contributed by atoms with E-state index in [0.717, 1.165) is 17.3 Å². The lowest BCUT2D eigenvalue weighted by molar-refractivity contribution is 0.580. The first-order valence-electron chi connectivity index (χ1n) is 5.06. The van der Waals surface area contributed by atoms with Gasteiger partial charge in [0.1, 0.15) is 0 Å². The molecule has 90 valence electrons. The van der Waals surface area contributed by atoms with E-state index in [-0.39, 0.29) is 5.75 Å². The summed E-state index contributed by atoms with van der Waals surface area (Å²) in [6.07, 6.45) is 4.65. The van der Waals surface area contributed by atoms with Crippen molar-refractivity contribution in [1.82, 2.24) is 9.71 Å². The summed E-state index contributed by atoms with van der Waals surface area (Å²) in [6, 6.07) is 3.65. The van der Waals surface area contributed by atoms with Gasteiger partial charge in [-0.15, -0.1) is 0 Å². The summed E-state index contributed by atoms with van der Waals surface area (Å²) >= 11 is 3.25. The number of aromatic nitrogens is 1. The number of sulfonamides is 1. The Morgan fingerprint density at radius 2 is 2.00 bits per heavy atom. The van der Waals surface area contributed by atoms with Crippen LogP contribution >= 0.6 is 15.9 Å². The van der Waals surface area contributed by atoms with Crippen LogP contribution in [0.25, 0.3) is 0 Å². The summed E-state index contributed by atoms with van der Waals surface area (Å²) in [5.74, 6) is 0.124. The molecule has 0 fully saturated rings. The molecule has 0 saturated heterocycles. The van der Waals surface area contributed by atoms with Crippen LogP contribution in [-0.2, 0) is 16.4 Å². The van der Waals surface area contributed by atoms with Crippen LogP contribution in [0.4, 0.5) is 0 Å². The molecule has 1 aromatic heterocycles. The predicted molar refractivity (Wildman–Crippen MR) is 68.1 cm³/mol. The van der Waals surface area contributed by atoms with Gasteiger partial charge in [-0.1, -0.05) is 15.9 Å². The second-order valence-corrected chi connectivity index (χ2v) is 6.08. The normalized spacial score (nSPS) is 11.6. The van der Waals surface area contributed by atoms with E-state index in [4.69, 9.17) is 0 Å². The van der Waals surface area contributed by atoms with Crippen LogP contribution in [0.1, 0.15) is 12.0 Å². The fraction of sp³-hybridized carbons (Fsp3) is 0.500. The maximum Gasteiger partial charge on any atom is 0.211 e. The minimum Gasteiger partial charge on any atom is -0.265 e. The minimum atomic E-state index is -3.14. The van der Waals surface area contributed by atoms with Crippen molar-refractivity contribution in [3.05, 3.63) is 30.1 Å². The first-order chi connectivity index (χ1) is 7.64. The molecule has 4 nitrogen and oxygen atoms in total. The van der Waals surface area contributed by atoms with E-state index in [1.165, 1.54) is 0 Å². The van der Waals surface area contributed by atoms with E-state index in [2.05, 4.69) is 25.6 Å². The van der Waals surface area contributed by atoms with Gasteiger partial charge >= 0.3 is 0 Å². The molecule has 1 aromatic rings. The first-order valence-corrected chi connectivity index (χ1v) is 7.83. The van der Waals surface area contributed by atoms with E-state index in [9.17, 15) is 8.42 Å². The van der Waals surface area contributed by atoms with Gasteiger partial charge in [0.2, 0.25) is 10.0 Å². The highest BCUT2D eigenvalue weighted by Gasteiger charge is 2.08. The van der Waals surface area contributed by atoms with Gasteiger partial charge in [0.15, 0.2) is 0 Å². The van der Waals surface area contributed by atoms with Crippen LogP contribution in [0.3, 0.4) is 0 Å². The standard InChI is InChI=1S/C10H15BrN2O2S/c11-5-1-6-13-16(14,15)9-4-10-2-7-12-8-3-10/h2-3,7-8,13H,1,4-6,9H2. The zero-order valence-corrected chi connectivity index (χ0v) is 11.3. The van der Waals surface area contributed by atoms with Gasteiger partial charge < -0.3 is 0 Å². The fourth-order valence-electron chi connectivity index (χ4n) is 1.17. The molecule has 0 aliphatic heterocycles. The van der Waals surface area contributed by atoms with Crippen LogP contribution in [0.2, 0.25) is 0 Å². The smallest absolute Gasteiger partial charge is 0.211 e. The molecule has 1 heterocycles. The molecule has 0 amide bonds. The Balaban J connectivity index is 2.36. The Morgan fingerprint density at radius 3 is 2.62 bits per heavy atom. The van der Waals surface area contributed by atoms with Crippen molar-refractivity contribution in [3.8, 4) is 0 Å². The summed E-state index contributed by atoms with van der Waals surface area (Å²) < 4.78 is 25.6. The molecule has 0 aromatic carbocycles. The van der Waals surface area contributed by atoms with Gasteiger partial charge in [-0.2, -0.15) is 0 Å². The summed E-state index contributed by atoms with van der Waals surface area (Å²) in [5, 5.41) is 0.805. The van der Waals surface area contributed by atoms with E-state index in [1.54, 1.807) is 12.4 Å². The maximum absolute atomic E-state index is 11.5. The minimum absolute atomic E-state index is 0.124. The third-order valence-corrected chi connectivity index (χ3v) is 3.99. The van der Waals surface area contributed by atoms with Crippen molar-refractivity contribution in [3.63, 3.8) is 0 Å². The average Bonchev–Trinajstić information content (AvgIpc) is 2.28. The van der Waals surface area contributed by atoms with Crippen molar-refractivity contribution in [1.29, 1.82) is 0 Å². The Kier molecular flexibility index (Phi) is 5.94. The molecule has 1 N–H and O–H groups in total. The molecule has 16 heavy (non-hydrogen) atoms. The number of hydrogen-bond donors (Lipinski definition) is 1. The zero-order chi connectivity index (χ0) is 11.9. The molecule has 1 rings (SSSR count). The van der Waals surface area contributed by atoms with Crippen LogP contribution in [0.5, 0.6) is 0 Å². The molecule has 0 aliphatic rings. The molecule has 0 spiro atoms. The van der Waals surface area contributed by atoms with Gasteiger partial charge in [0.05, 0.1) is 5.75 Å². The Labute approximate surface area is 105 Å². The van der Waals surface area contributed by atoms with Crippen molar-refractivity contribution in [2.45, 2.75) is 12.8 Å². The number of nitrogens with zero attached hydrogens (tertiary/aromatic N) is 1. The van der Waals surface area contributed by atoms with E-state index < -0.39 is 10.0 Å². The van der Waals surface area contributed by atoms with Gasteiger partial charge in [-0.05, 0) is 30.5 Å². The lowest BCUT2D eigenvalue weighted by Crippen LogP contribution is -2.28. The highest BCUT2D eigenvalue weighted by Crippen LogP contribution is 2.00. The molecular weight excluding hydrogens is 292 g/mol. The zero-order valence-electron chi connectivity index (χ0n) is 8.89. The monoisotopic (exact) mass is 306 g/mol. The number of pyridine rings is 1. The number of alkyl halides is 1. The maximum atomic E-state index is 11.5. The van der Waals surface area contributed by atoms with Crippen LogP contribution in [0, 0.1) is 0 Å². The number of halogens is 1. The van der Waals surface area contributed by atoms with Gasteiger partial charge in [0.25, 0.3) is 0 Å². The Hall–Kier alpha value is -0.460. The van der Waals surface area contributed by atoms with Crippen molar-refractivity contribution >= 4 is 26.0 Å². The molecule has 0 unspecified atom stereocenters. The molecular formula is C10H15BrN2O2S. The summed E-state index contributed by atoms with van der Waals surface area (Å²) in [7, 11) is -3.14. The second-order valence-electron chi connectivity index (χ2n) is 3.36. The largest absolute Gasteiger partial charge is 0.265 e. The molecule has 0 saturated carbocycles. The average molecular weight is 307 g/mol. The first kappa shape index (κ1) is 13.6. The van der Waals surface area contributed by atoms with Gasteiger partial charge in [-0.25, -0.2) is 13.1 Å². The van der Waals surface area contributed by atoms with Crippen LogP contribution in [0.15, 0.2) is 24.5 Å². The summed E-state index contributed by atoms with van der Waals surface area (Å²) in [6.45, 7) is 0.490. The number of rotatable bonds is 7. The molecule has 0 atom stereocenters. The third-order valence-electron chi connectivity index (χ3n) is 2.04. The summed E-state index contributed by atoms with van der Waals surface area (Å²) in [4.78, 5) is 3.88. The Bertz CT molecular complexity index is 395.